The molecule has 0 saturated heterocycles. The topological polar surface area (TPSA) is 69.6 Å². The Morgan fingerprint density at radius 2 is 2.07 bits per heavy atom. The van der Waals surface area contributed by atoms with Crippen molar-refractivity contribution in [3.8, 4) is 11.5 Å². The molecule has 1 aromatic heterocycles. The van der Waals surface area contributed by atoms with Gasteiger partial charge in [-0.25, -0.2) is 0 Å². The van der Waals surface area contributed by atoms with Gasteiger partial charge in [-0.05, 0) is 43.9 Å². The minimum Gasteiger partial charge on any atom is -0.496 e. The molecule has 0 fully saturated rings. The Morgan fingerprint density at radius 1 is 1.22 bits per heavy atom. The van der Waals surface area contributed by atoms with E-state index in [9.17, 15) is 9.59 Å². The Bertz CT molecular complexity index is 873. The van der Waals surface area contributed by atoms with Gasteiger partial charge in [0.15, 0.2) is 0 Å². The highest BCUT2D eigenvalue weighted by molar-refractivity contribution is 5.98. The summed E-state index contributed by atoms with van der Waals surface area (Å²) in [5, 5.41) is 2.96. The van der Waals surface area contributed by atoms with Gasteiger partial charge >= 0.3 is 0 Å². The van der Waals surface area contributed by atoms with Crippen molar-refractivity contribution in [1.82, 2.24) is 9.88 Å². The van der Waals surface area contributed by atoms with Crippen LogP contribution >= 0.6 is 0 Å². The van der Waals surface area contributed by atoms with Crippen LogP contribution in [0.1, 0.15) is 47.8 Å². The van der Waals surface area contributed by atoms with Gasteiger partial charge in [0.2, 0.25) is 0 Å². The van der Waals surface area contributed by atoms with Crippen molar-refractivity contribution in [2.45, 2.75) is 45.7 Å². The van der Waals surface area contributed by atoms with Gasteiger partial charge in [-0.15, -0.1) is 0 Å². The summed E-state index contributed by atoms with van der Waals surface area (Å²) in [4.78, 5) is 25.4. The summed E-state index contributed by atoms with van der Waals surface area (Å²) in [6.07, 6.45) is 3.66. The fourth-order valence-electron chi connectivity index (χ4n) is 3.50. The zero-order chi connectivity index (χ0) is 19.2. The smallest absolute Gasteiger partial charge is 0.257 e. The van der Waals surface area contributed by atoms with E-state index in [1.54, 1.807) is 4.57 Å². The molecule has 1 N–H and O–H groups in total. The maximum absolute atomic E-state index is 13.0. The Balaban J connectivity index is 1.86. The minimum absolute atomic E-state index is 0.107. The molecule has 0 radical (unpaired) electrons. The second-order valence-electron chi connectivity index (χ2n) is 6.60. The van der Waals surface area contributed by atoms with Gasteiger partial charge in [-0.2, -0.15) is 0 Å². The number of hydrogen-bond acceptors (Lipinski definition) is 4. The van der Waals surface area contributed by atoms with Crippen LogP contribution < -0.4 is 20.3 Å². The van der Waals surface area contributed by atoms with E-state index in [0.717, 1.165) is 36.3 Å². The Labute approximate surface area is 159 Å². The van der Waals surface area contributed by atoms with Crippen molar-refractivity contribution in [2.24, 2.45) is 0 Å². The fourth-order valence-corrected chi connectivity index (χ4v) is 3.50. The summed E-state index contributed by atoms with van der Waals surface area (Å²) in [5.74, 6) is 0.898. The number of nitrogens with zero attached hydrogens (tertiary/aromatic N) is 1. The van der Waals surface area contributed by atoms with Crippen LogP contribution in [-0.2, 0) is 19.5 Å². The van der Waals surface area contributed by atoms with Gasteiger partial charge in [-0.1, -0.05) is 18.6 Å². The number of nitrogens with one attached hydrogen (secondary N) is 1. The highest BCUT2D eigenvalue weighted by atomic mass is 16.5. The second-order valence-corrected chi connectivity index (χ2v) is 6.60. The van der Waals surface area contributed by atoms with Crippen LogP contribution in [0.15, 0.2) is 35.1 Å². The Hall–Kier alpha value is -2.76. The Morgan fingerprint density at radius 3 is 2.85 bits per heavy atom. The lowest BCUT2D eigenvalue weighted by molar-refractivity contribution is 0.0945. The number of amides is 1. The van der Waals surface area contributed by atoms with E-state index in [-0.39, 0.29) is 11.5 Å². The maximum Gasteiger partial charge on any atom is 0.257 e. The second kappa shape index (κ2) is 8.75. The molecule has 1 aliphatic rings. The molecule has 6 heteroatoms. The largest absolute Gasteiger partial charge is 0.496 e. The van der Waals surface area contributed by atoms with Crippen LogP contribution in [0.5, 0.6) is 11.5 Å². The summed E-state index contributed by atoms with van der Waals surface area (Å²) >= 11 is 0. The summed E-state index contributed by atoms with van der Waals surface area (Å²) in [5.41, 5.74) is 2.09. The van der Waals surface area contributed by atoms with E-state index >= 15 is 0 Å². The summed E-state index contributed by atoms with van der Waals surface area (Å²) < 4.78 is 12.6. The third-order valence-corrected chi connectivity index (χ3v) is 4.79. The van der Waals surface area contributed by atoms with Gasteiger partial charge in [0.05, 0.1) is 13.7 Å². The molecule has 1 amide bonds. The summed E-state index contributed by atoms with van der Waals surface area (Å²) in [6, 6.07) is 9.06. The van der Waals surface area contributed by atoms with E-state index in [2.05, 4.69) is 5.32 Å². The number of methoxy groups -OCH3 is 1. The lowest BCUT2D eigenvalue weighted by Crippen LogP contribution is -2.30. The van der Waals surface area contributed by atoms with Gasteiger partial charge < -0.3 is 19.4 Å². The van der Waals surface area contributed by atoms with Gasteiger partial charge in [0.1, 0.15) is 17.1 Å². The van der Waals surface area contributed by atoms with Gasteiger partial charge in [0.25, 0.3) is 11.5 Å². The first-order valence-corrected chi connectivity index (χ1v) is 9.44. The predicted molar refractivity (Wildman–Crippen MR) is 104 cm³/mol. The average molecular weight is 370 g/mol. The molecule has 3 rings (SSSR count). The highest BCUT2D eigenvalue weighted by Crippen LogP contribution is 2.25. The molecule has 1 aromatic carbocycles. The molecule has 0 spiro atoms. The zero-order valence-electron chi connectivity index (χ0n) is 15.9. The molecule has 0 bridgehead atoms. The van der Waals surface area contributed by atoms with E-state index in [1.807, 2.05) is 31.2 Å². The van der Waals surface area contributed by atoms with Gasteiger partial charge in [0, 0.05) is 24.8 Å². The number of hydrogen-bond donors (Lipinski definition) is 1. The van der Waals surface area contributed by atoms with Crippen molar-refractivity contribution in [3.05, 3.63) is 57.5 Å². The van der Waals surface area contributed by atoms with E-state index < -0.39 is 0 Å². The quantitative estimate of drug-likeness (QED) is 0.849. The number of rotatable bonds is 6. The van der Waals surface area contributed by atoms with Crippen LogP contribution in [0.25, 0.3) is 0 Å². The first-order chi connectivity index (χ1) is 13.1. The molecule has 0 unspecified atom stereocenters. The lowest BCUT2D eigenvalue weighted by Gasteiger charge is -2.17. The molecular weight excluding hydrogens is 344 g/mol. The number of benzene rings is 1. The van der Waals surface area contributed by atoms with Crippen molar-refractivity contribution < 1.29 is 14.3 Å². The molecule has 2 aromatic rings. The number of pyridine rings is 1. The van der Waals surface area contributed by atoms with Crippen LogP contribution in [0.4, 0.5) is 0 Å². The van der Waals surface area contributed by atoms with Gasteiger partial charge in [-0.3, -0.25) is 9.59 Å². The van der Waals surface area contributed by atoms with E-state index in [0.29, 0.717) is 37.4 Å². The number of aromatic nitrogens is 1. The van der Waals surface area contributed by atoms with E-state index in [1.165, 1.54) is 13.2 Å². The summed E-state index contributed by atoms with van der Waals surface area (Å²) in [7, 11) is 1.49. The van der Waals surface area contributed by atoms with Crippen molar-refractivity contribution in [3.63, 3.8) is 0 Å². The Kier molecular flexibility index (Phi) is 6.16. The number of carbonyl (C=O) groups is 1. The van der Waals surface area contributed by atoms with Crippen LogP contribution in [0, 0.1) is 0 Å². The van der Waals surface area contributed by atoms with Crippen molar-refractivity contribution in [1.29, 1.82) is 0 Å². The number of carbonyl (C=O) groups excluding carboxylic acids is 1. The van der Waals surface area contributed by atoms with Crippen LogP contribution in [0.3, 0.4) is 0 Å². The third-order valence-electron chi connectivity index (χ3n) is 4.79. The molecule has 6 nitrogen and oxygen atoms in total. The highest BCUT2D eigenvalue weighted by Gasteiger charge is 2.23. The minimum atomic E-state index is -0.223. The molecule has 0 atom stereocenters. The number of fused-ring (bicyclic) bond motifs is 1. The first-order valence-electron chi connectivity index (χ1n) is 9.44. The molecule has 27 heavy (non-hydrogen) atoms. The zero-order valence-corrected chi connectivity index (χ0v) is 15.9. The molecule has 0 saturated carbocycles. The van der Waals surface area contributed by atoms with Crippen molar-refractivity contribution >= 4 is 5.91 Å². The summed E-state index contributed by atoms with van der Waals surface area (Å²) in [6.45, 7) is 3.55. The maximum atomic E-state index is 13.0. The average Bonchev–Trinajstić information content (AvgIpc) is 2.93. The van der Waals surface area contributed by atoms with Crippen molar-refractivity contribution in [2.75, 3.05) is 13.7 Å². The lowest BCUT2D eigenvalue weighted by atomic mass is 10.1. The predicted octanol–water partition coefficient (Wildman–Crippen LogP) is 2.91. The van der Waals surface area contributed by atoms with Crippen LogP contribution in [-0.4, -0.2) is 24.2 Å². The van der Waals surface area contributed by atoms with E-state index in [4.69, 9.17) is 9.47 Å². The molecule has 0 aliphatic carbocycles. The molecular formula is C21H26N2O4. The molecule has 144 valence electrons. The standard InChI is InChI=1S/C21H26N2O4/c1-3-27-16-9-7-8-15(12-16)14-22-21(25)20-17-10-5-4-6-11-23(17)19(24)13-18(20)26-2/h7-9,12-13H,3-6,10-11,14H2,1-2H3,(H,22,25). The molecule has 2 heterocycles. The fraction of sp³-hybridized carbons (Fsp3) is 0.429. The SMILES string of the molecule is CCOc1cccc(CNC(=O)c2c(OC)cc(=O)n3c2CCCCC3)c1. The third kappa shape index (κ3) is 4.32. The van der Waals surface area contributed by atoms with Crippen LogP contribution in [0.2, 0.25) is 0 Å². The normalized spacial score (nSPS) is 13.4. The molecule has 1 aliphatic heterocycles. The monoisotopic (exact) mass is 370 g/mol. The first kappa shape index (κ1) is 19.0. The number of ether oxygens (including phenoxy) is 2.